The molecular formula is C13H29O7Ti. The first-order valence-corrected chi connectivity index (χ1v) is 8.45. The second kappa shape index (κ2) is 16.6. The first-order chi connectivity index (χ1) is 10.1. The molecule has 0 aliphatic heterocycles. The molecule has 0 aliphatic rings. The van der Waals surface area contributed by atoms with E-state index in [1.807, 2.05) is 0 Å². The van der Waals surface area contributed by atoms with E-state index in [2.05, 4.69) is 6.92 Å². The van der Waals surface area contributed by atoms with Crippen LogP contribution < -0.4 is 0 Å². The summed E-state index contributed by atoms with van der Waals surface area (Å²) in [7, 11) is 0. The Hall–Kier alpha value is 0.274. The molecule has 0 saturated carbocycles. The second-order valence-corrected chi connectivity index (χ2v) is 5.36. The van der Waals surface area contributed by atoms with E-state index in [0.29, 0.717) is 12.5 Å². The van der Waals surface area contributed by atoms with Crippen molar-refractivity contribution in [3.05, 3.63) is 0 Å². The third-order valence-corrected chi connectivity index (χ3v) is 3.40. The van der Waals surface area contributed by atoms with Gasteiger partial charge >= 0.3 is 26.5 Å². The molecule has 8 heteroatoms. The van der Waals surface area contributed by atoms with E-state index in [4.69, 9.17) is 32.2 Å². The minimum atomic E-state index is -1.75. The molecule has 0 bridgehead atoms. The molecule has 21 heavy (non-hydrogen) atoms. The molecule has 0 saturated heterocycles. The predicted molar refractivity (Wildman–Crippen MR) is 72.1 cm³/mol. The summed E-state index contributed by atoms with van der Waals surface area (Å²) in [5.41, 5.74) is -0.933. The predicted octanol–water partition coefficient (Wildman–Crippen LogP) is -0.523. The zero-order valence-electron chi connectivity index (χ0n) is 12.7. The molecule has 0 spiro atoms. The van der Waals surface area contributed by atoms with Gasteiger partial charge in [-0.05, 0) is 18.8 Å². The van der Waals surface area contributed by atoms with Gasteiger partial charge in [0.25, 0.3) is 0 Å². The van der Waals surface area contributed by atoms with E-state index >= 15 is 0 Å². The van der Waals surface area contributed by atoms with Gasteiger partial charge in [0, 0.05) is 13.2 Å². The molecule has 0 amide bonds. The Morgan fingerprint density at radius 2 is 1.62 bits per heavy atom. The Morgan fingerprint density at radius 3 is 2.00 bits per heavy atom. The van der Waals surface area contributed by atoms with Gasteiger partial charge in [0.05, 0.1) is 31.8 Å². The zero-order chi connectivity index (χ0) is 16.6. The van der Waals surface area contributed by atoms with Gasteiger partial charge in [0.2, 0.25) is 0 Å². The van der Waals surface area contributed by atoms with Gasteiger partial charge in [-0.25, -0.2) is 0 Å². The van der Waals surface area contributed by atoms with Gasteiger partial charge in [-0.2, -0.15) is 0 Å². The summed E-state index contributed by atoms with van der Waals surface area (Å²) < 4.78 is 21.1. The number of unbranched alkanes of at least 4 members (excludes halogenated alkanes) is 1. The van der Waals surface area contributed by atoms with E-state index in [1.165, 1.54) is 0 Å². The van der Waals surface area contributed by atoms with Crippen molar-refractivity contribution in [3.63, 3.8) is 0 Å². The molecular weight excluding hydrogens is 316 g/mol. The SMILES string of the molecule is CCC(CO)CCCCOCC(CO)(CO)CO.[O]=[Ti][OH]. The van der Waals surface area contributed by atoms with E-state index in [-0.39, 0.29) is 33.0 Å². The summed E-state index contributed by atoms with van der Waals surface area (Å²) in [4.78, 5) is 0. The molecule has 0 aromatic heterocycles. The van der Waals surface area contributed by atoms with Crippen molar-refractivity contribution in [2.75, 3.05) is 39.6 Å². The maximum absolute atomic E-state index is 9.09. The number of aliphatic hydroxyl groups is 4. The summed E-state index contributed by atoms with van der Waals surface area (Å²) in [5.74, 6) is 0.372. The van der Waals surface area contributed by atoms with Crippen LogP contribution in [0.3, 0.4) is 0 Å². The topological polar surface area (TPSA) is 127 Å². The summed E-state index contributed by atoms with van der Waals surface area (Å²) in [6.45, 7) is 2.14. The van der Waals surface area contributed by atoms with Crippen LogP contribution in [-0.2, 0) is 27.6 Å². The first kappa shape index (κ1) is 23.5. The van der Waals surface area contributed by atoms with Crippen molar-refractivity contribution in [1.82, 2.24) is 0 Å². The van der Waals surface area contributed by atoms with Crippen LogP contribution in [0.5, 0.6) is 0 Å². The van der Waals surface area contributed by atoms with Gasteiger partial charge in [-0.1, -0.05) is 19.8 Å². The molecule has 1 unspecified atom stereocenters. The Bertz CT molecular complexity index is 212. The van der Waals surface area contributed by atoms with Crippen LogP contribution in [0.4, 0.5) is 0 Å². The van der Waals surface area contributed by atoms with Crippen LogP contribution in [0.15, 0.2) is 0 Å². The van der Waals surface area contributed by atoms with Gasteiger partial charge in [0.1, 0.15) is 0 Å². The Balaban J connectivity index is 0. The van der Waals surface area contributed by atoms with E-state index in [0.717, 1.165) is 25.7 Å². The van der Waals surface area contributed by atoms with Crippen molar-refractivity contribution >= 4 is 0 Å². The molecule has 0 radical (unpaired) electrons. The molecule has 5 N–H and O–H groups in total. The number of hydrogen-bond donors (Lipinski definition) is 5. The molecule has 0 aromatic carbocycles. The van der Waals surface area contributed by atoms with Crippen molar-refractivity contribution in [2.24, 2.45) is 11.3 Å². The van der Waals surface area contributed by atoms with E-state index < -0.39 is 24.9 Å². The van der Waals surface area contributed by atoms with Gasteiger partial charge in [-0.3, -0.25) is 0 Å². The number of rotatable bonds is 12. The molecule has 0 rings (SSSR count). The molecule has 0 aromatic rings. The molecule has 7 nitrogen and oxygen atoms in total. The van der Waals surface area contributed by atoms with E-state index in [9.17, 15) is 0 Å². The molecule has 127 valence electrons. The zero-order valence-corrected chi connectivity index (χ0v) is 14.3. The number of aliphatic hydroxyl groups excluding tert-OH is 4. The fraction of sp³-hybridized carbons (Fsp3) is 1.00. The molecule has 0 fully saturated rings. The third-order valence-electron chi connectivity index (χ3n) is 3.40. The second-order valence-electron chi connectivity index (χ2n) is 5.07. The van der Waals surface area contributed by atoms with Crippen LogP contribution >= 0.6 is 0 Å². The number of ether oxygens (including phenoxy) is 1. The van der Waals surface area contributed by atoms with Crippen molar-refractivity contribution < 1.29 is 51.7 Å². The third kappa shape index (κ3) is 12.5. The van der Waals surface area contributed by atoms with Gasteiger partial charge < -0.3 is 25.2 Å². The summed E-state index contributed by atoms with van der Waals surface area (Å²) in [5, 5.41) is 36.3. The Morgan fingerprint density at radius 1 is 1.10 bits per heavy atom. The minimum absolute atomic E-state index is 0.160. The molecule has 1 atom stereocenters. The van der Waals surface area contributed by atoms with Gasteiger partial charge in [0.15, 0.2) is 0 Å². The van der Waals surface area contributed by atoms with Crippen LogP contribution in [0.1, 0.15) is 32.6 Å². The standard InChI is InChI=1S/C13H28O5.H2O.O.Ti/c1-2-12(7-14)5-3-4-6-18-11-13(8-15,9-16)10-17;;;/h12,14-17H,2-11H2,1H3;1H2;;/q;;;+1/p-1. The maximum atomic E-state index is 9.09. The average Bonchev–Trinajstić information content (AvgIpc) is 2.52. The Labute approximate surface area is 135 Å². The summed E-state index contributed by atoms with van der Waals surface area (Å²) in [6.07, 6.45) is 3.85. The Kier molecular flexibility index (Phi) is 18.7. The fourth-order valence-corrected chi connectivity index (χ4v) is 1.64. The fourth-order valence-electron chi connectivity index (χ4n) is 1.64. The van der Waals surface area contributed by atoms with Gasteiger partial charge in [-0.15, -0.1) is 0 Å². The van der Waals surface area contributed by atoms with Crippen molar-refractivity contribution in [1.29, 1.82) is 0 Å². The van der Waals surface area contributed by atoms with Crippen LogP contribution in [-0.4, -0.2) is 63.8 Å². The van der Waals surface area contributed by atoms with Crippen LogP contribution in [0.25, 0.3) is 0 Å². The van der Waals surface area contributed by atoms with Crippen molar-refractivity contribution in [2.45, 2.75) is 32.6 Å². The average molecular weight is 345 g/mol. The van der Waals surface area contributed by atoms with Crippen molar-refractivity contribution in [3.8, 4) is 0 Å². The normalized spacial score (nSPS) is 12.3. The first-order valence-electron chi connectivity index (χ1n) is 7.12. The quantitative estimate of drug-likeness (QED) is 0.238. The summed E-state index contributed by atoms with van der Waals surface area (Å²) in [6, 6.07) is 0. The van der Waals surface area contributed by atoms with Crippen LogP contribution in [0, 0.1) is 11.3 Å². The summed E-state index contributed by atoms with van der Waals surface area (Å²) >= 11 is -1.75. The van der Waals surface area contributed by atoms with Crippen LogP contribution in [0.2, 0.25) is 0 Å². The number of hydrogen-bond acceptors (Lipinski definition) is 6. The monoisotopic (exact) mass is 345 g/mol. The molecule has 0 heterocycles. The molecule has 0 aliphatic carbocycles. The van der Waals surface area contributed by atoms with E-state index in [1.54, 1.807) is 0 Å².